The van der Waals surface area contributed by atoms with Crippen LogP contribution in [0.3, 0.4) is 0 Å². The van der Waals surface area contributed by atoms with Crippen molar-refractivity contribution in [3.8, 4) is 6.07 Å². The van der Waals surface area contributed by atoms with Crippen LogP contribution in [0.5, 0.6) is 0 Å². The largest absolute Gasteiger partial charge is 0.389 e. The average molecular weight is 251 g/mol. The van der Waals surface area contributed by atoms with E-state index >= 15 is 0 Å². The zero-order valence-electron chi connectivity index (χ0n) is 10.3. The first-order chi connectivity index (χ1) is 7.88. The molecule has 1 saturated heterocycles. The summed E-state index contributed by atoms with van der Waals surface area (Å²) in [5.74, 6) is -0.178. The number of ketones is 1. The second-order valence-electron chi connectivity index (χ2n) is 4.57. The Kier molecular flexibility index (Phi) is 4.38. The number of likely N-dealkylation sites (tertiary alicyclic amines) is 1. The van der Waals surface area contributed by atoms with E-state index in [1.54, 1.807) is 6.08 Å². The van der Waals surface area contributed by atoms with Crippen LogP contribution in [0.4, 0.5) is 0 Å². The SMILES string of the molecule is C[C@@H]1CN(C)[C@H](C)[C@@H](/C=C(/C#N)C(N)=S)C1=O. The summed E-state index contributed by atoms with van der Waals surface area (Å²) in [6.07, 6.45) is 1.61. The first kappa shape index (κ1) is 13.8. The summed E-state index contributed by atoms with van der Waals surface area (Å²) in [5.41, 5.74) is 5.67. The van der Waals surface area contributed by atoms with Crippen LogP contribution in [0.2, 0.25) is 0 Å². The van der Waals surface area contributed by atoms with Crippen LogP contribution in [0.15, 0.2) is 11.6 Å². The number of nitrogens with zero attached hydrogens (tertiary/aromatic N) is 2. The number of hydrogen-bond acceptors (Lipinski definition) is 4. The van der Waals surface area contributed by atoms with Crippen molar-refractivity contribution in [3.05, 3.63) is 11.6 Å². The summed E-state index contributed by atoms with van der Waals surface area (Å²) in [6, 6.07) is 2.01. The second-order valence-corrected chi connectivity index (χ2v) is 5.01. The molecule has 0 spiro atoms. The van der Waals surface area contributed by atoms with Crippen molar-refractivity contribution in [1.82, 2.24) is 4.90 Å². The Morgan fingerprint density at radius 3 is 2.71 bits per heavy atom. The molecule has 1 aliphatic heterocycles. The Labute approximate surface area is 107 Å². The number of Topliss-reactive ketones (excluding diaryl/α,β-unsaturated/α-hetero) is 1. The van der Waals surface area contributed by atoms with E-state index in [2.05, 4.69) is 4.90 Å². The molecular formula is C12H17N3OS. The first-order valence-electron chi connectivity index (χ1n) is 5.54. The molecule has 1 rings (SSSR count). The minimum atomic E-state index is -0.306. The molecule has 0 aromatic heterocycles. The third-order valence-corrected chi connectivity index (χ3v) is 3.54. The van der Waals surface area contributed by atoms with Gasteiger partial charge in [0.25, 0.3) is 0 Å². The van der Waals surface area contributed by atoms with Gasteiger partial charge in [-0.15, -0.1) is 0 Å². The molecule has 0 aromatic rings. The highest BCUT2D eigenvalue weighted by atomic mass is 32.1. The van der Waals surface area contributed by atoms with Crippen molar-refractivity contribution in [1.29, 1.82) is 5.26 Å². The standard InChI is InChI=1S/C12H17N3OS/c1-7-6-15(3)8(2)10(11(7)16)4-9(5-13)12(14)17/h4,7-8,10H,6H2,1-3H3,(H2,14,17)/b9-4-/t7-,8-,10-/m1/s1. The van der Waals surface area contributed by atoms with Gasteiger partial charge in [-0.3, -0.25) is 4.79 Å². The van der Waals surface area contributed by atoms with Gasteiger partial charge in [-0.1, -0.05) is 25.2 Å². The Hall–Kier alpha value is -1.25. The highest BCUT2D eigenvalue weighted by Crippen LogP contribution is 2.25. The van der Waals surface area contributed by atoms with Crippen LogP contribution in [0, 0.1) is 23.2 Å². The van der Waals surface area contributed by atoms with Crippen LogP contribution in [-0.2, 0) is 4.79 Å². The second kappa shape index (κ2) is 5.39. The monoisotopic (exact) mass is 251 g/mol. The molecule has 0 unspecified atom stereocenters. The van der Waals surface area contributed by atoms with E-state index in [0.717, 1.165) is 6.54 Å². The van der Waals surface area contributed by atoms with E-state index in [-0.39, 0.29) is 34.2 Å². The van der Waals surface area contributed by atoms with Crippen LogP contribution in [0.25, 0.3) is 0 Å². The predicted molar refractivity (Wildman–Crippen MR) is 70.2 cm³/mol. The lowest BCUT2D eigenvalue weighted by Crippen LogP contribution is -2.49. The smallest absolute Gasteiger partial charge is 0.145 e. The number of carbonyl (C=O) groups is 1. The number of thiocarbonyl (C=S) groups is 1. The Morgan fingerprint density at radius 2 is 2.24 bits per heavy atom. The van der Waals surface area contributed by atoms with E-state index in [9.17, 15) is 4.79 Å². The maximum absolute atomic E-state index is 12.1. The summed E-state index contributed by atoms with van der Waals surface area (Å²) >= 11 is 4.78. The summed E-state index contributed by atoms with van der Waals surface area (Å²) < 4.78 is 0. The van der Waals surface area contributed by atoms with Crippen LogP contribution < -0.4 is 5.73 Å². The van der Waals surface area contributed by atoms with Gasteiger partial charge in [0, 0.05) is 18.5 Å². The van der Waals surface area contributed by atoms with Gasteiger partial charge in [0.15, 0.2) is 0 Å². The molecule has 0 amide bonds. The van der Waals surface area contributed by atoms with E-state index in [4.69, 9.17) is 23.2 Å². The lowest BCUT2D eigenvalue weighted by atomic mass is 9.82. The molecular weight excluding hydrogens is 234 g/mol. The fourth-order valence-electron chi connectivity index (χ4n) is 2.10. The predicted octanol–water partition coefficient (Wildman–Crippen LogP) is 0.878. The fourth-order valence-corrected chi connectivity index (χ4v) is 2.22. The Morgan fingerprint density at radius 1 is 1.65 bits per heavy atom. The minimum Gasteiger partial charge on any atom is -0.389 e. The van der Waals surface area contributed by atoms with Gasteiger partial charge in [0.05, 0.1) is 11.5 Å². The highest BCUT2D eigenvalue weighted by molar-refractivity contribution is 7.80. The molecule has 3 atom stereocenters. The molecule has 2 N–H and O–H groups in total. The molecule has 4 nitrogen and oxygen atoms in total. The molecule has 92 valence electrons. The molecule has 0 aromatic carbocycles. The van der Waals surface area contributed by atoms with E-state index in [1.165, 1.54) is 0 Å². The third kappa shape index (κ3) is 2.90. The van der Waals surface area contributed by atoms with Crippen LogP contribution in [-0.4, -0.2) is 35.3 Å². The molecule has 0 aliphatic carbocycles. The van der Waals surface area contributed by atoms with Crippen LogP contribution in [0.1, 0.15) is 13.8 Å². The number of carbonyl (C=O) groups excluding carboxylic acids is 1. The quantitative estimate of drug-likeness (QED) is 0.448. The van der Waals surface area contributed by atoms with Gasteiger partial charge in [-0.2, -0.15) is 5.26 Å². The summed E-state index contributed by atoms with van der Waals surface area (Å²) in [5, 5.41) is 8.92. The summed E-state index contributed by atoms with van der Waals surface area (Å²) in [6.45, 7) is 4.62. The third-order valence-electron chi connectivity index (χ3n) is 3.32. The topological polar surface area (TPSA) is 70.1 Å². The molecule has 0 bridgehead atoms. The van der Waals surface area contributed by atoms with Crippen molar-refractivity contribution in [2.75, 3.05) is 13.6 Å². The minimum absolute atomic E-state index is 0.0243. The van der Waals surface area contributed by atoms with E-state index in [1.807, 2.05) is 27.0 Å². The van der Waals surface area contributed by atoms with Gasteiger partial charge < -0.3 is 10.6 Å². The van der Waals surface area contributed by atoms with Gasteiger partial charge in [0.2, 0.25) is 0 Å². The first-order valence-corrected chi connectivity index (χ1v) is 5.95. The van der Waals surface area contributed by atoms with Crippen molar-refractivity contribution >= 4 is 23.0 Å². The highest BCUT2D eigenvalue weighted by Gasteiger charge is 2.35. The van der Waals surface area contributed by atoms with Gasteiger partial charge in [0.1, 0.15) is 16.8 Å². The lowest BCUT2D eigenvalue weighted by Gasteiger charge is -2.37. The number of piperidine rings is 1. The zero-order chi connectivity index (χ0) is 13.2. The molecule has 0 radical (unpaired) electrons. The van der Waals surface area contributed by atoms with Crippen molar-refractivity contribution < 1.29 is 4.79 Å². The lowest BCUT2D eigenvalue weighted by molar-refractivity contribution is -0.130. The van der Waals surface area contributed by atoms with Gasteiger partial charge >= 0.3 is 0 Å². The van der Waals surface area contributed by atoms with Crippen molar-refractivity contribution in [2.45, 2.75) is 19.9 Å². The molecule has 5 heteroatoms. The number of nitrogens with two attached hydrogens (primary N) is 1. The van der Waals surface area contributed by atoms with E-state index in [0.29, 0.717) is 0 Å². The van der Waals surface area contributed by atoms with Crippen LogP contribution >= 0.6 is 12.2 Å². The Balaban J connectivity index is 3.05. The number of hydrogen-bond donors (Lipinski definition) is 1. The number of nitriles is 1. The molecule has 0 saturated carbocycles. The Bertz CT molecular complexity index is 410. The molecule has 17 heavy (non-hydrogen) atoms. The molecule has 1 fully saturated rings. The summed E-state index contributed by atoms with van der Waals surface area (Å²) in [7, 11) is 1.97. The maximum atomic E-state index is 12.1. The van der Waals surface area contributed by atoms with E-state index < -0.39 is 0 Å². The maximum Gasteiger partial charge on any atom is 0.145 e. The zero-order valence-corrected chi connectivity index (χ0v) is 11.1. The molecule has 1 heterocycles. The summed E-state index contributed by atoms with van der Waals surface area (Å²) in [4.78, 5) is 14.3. The molecule has 1 aliphatic rings. The number of rotatable bonds is 2. The van der Waals surface area contributed by atoms with Crippen molar-refractivity contribution in [2.24, 2.45) is 17.6 Å². The fraction of sp³-hybridized carbons (Fsp3) is 0.583. The van der Waals surface area contributed by atoms with Gasteiger partial charge in [-0.25, -0.2) is 0 Å². The van der Waals surface area contributed by atoms with Crippen molar-refractivity contribution in [3.63, 3.8) is 0 Å². The van der Waals surface area contributed by atoms with Gasteiger partial charge in [-0.05, 0) is 14.0 Å². The normalized spacial score (nSPS) is 31.1. The average Bonchev–Trinajstić information content (AvgIpc) is 2.26.